The highest BCUT2D eigenvalue weighted by molar-refractivity contribution is 7.90. The fourth-order valence-corrected chi connectivity index (χ4v) is 6.03. The van der Waals surface area contributed by atoms with Crippen LogP contribution in [0.3, 0.4) is 0 Å². The van der Waals surface area contributed by atoms with Crippen LogP contribution in [0.15, 0.2) is 24.5 Å². The van der Waals surface area contributed by atoms with Gasteiger partial charge in [-0.25, -0.2) is 12.7 Å². The predicted octanol–water partition coefficient (Wildman–Crippen LogP) is 0.682. The van der Waals surface area contributed by atoms with Gasteiger partial charge in [-0.1, -0.05) is 0 Å². The zero-order valence-corrected chi connectivity index (χ0v) is 16.0. The van der Waals surface area contributed by atoms with E-state index in [1.165, 1.54) is 0 Å². The third-order valence-electron chi connectivity index (χ3n) is 6.10. The number of nitrogens with zero attached hydrogens (tertiary/aromatic N) is 4. The van der Waals surface area contributed by atoms with Crippen LogP contribution >= 0.6 is 0 Å². The molecule has 3 fully saturated rings. The van der Waals surface area contributed by atoms with Gasteiger partial charge < -0.3 is 4.90 Å². The summed E-state index contributed by atoms with van der Waals surface area (Å²) in [7, 11) is -1.17. The molecule has 2 saturated heterocycles. The van der Waals surface area contributed by atoms with Crippen LogP contribution < -0.4 is 0 Å². The first-order chi connectivity index (χ1) is 12.4. The van der Waals surface area contributed by atoms with E-state index in [4.69, 9.17) is 0 Å². The minimum absolute atomic E-state index is 0.131. The Morgan fingerprint density at radius 3 is 2.38 bits per heavy atom. The number of pyridine rings is 1. The average molecular weight is 378 g/mol. The van der Waals surface area contributed by atoms with Crippen LogP contribution in [-0.2, 0) is 21.4 Å². The van der Waals surface area contributed by atoms with Crippen LogP contribution in [0.4, 0.5) is 0 Å². The molecule has 0 radical (unpaired) electrons. The number of sulfonamides is 1. The second-order valence-electron chi connectivity index (χ2n) is 7.68. The Hall–Kier alpha value is -1.51. The summed E-state index contributed by atoms with van der Waals surface area (Å²) in [5.41, 5.74) is 0.503. The highest BCUT2D eigenvalue weighted by atomic mass is 32.2. The topological polar surface area (TPSA) is 73.8 Å². The first-order valence-corrected chi connectivity index (χ1v) is 10.8. The minimum atomic E-state index is -3.16. The molecule has 1 amide bonds. The standard InChI is InChI=1S/C18H26N4O3S/c1-20-12-13-21(14-15-4-8-19-9-5-15)17(23)18(20)6-10-22(11-7-18)26(24,25)16-2-3-16/h4-5,8-9,16H,2-3,6-7,10-14H2,1H3. The monoisotopic (exact) mass is 378 g/mol. The first kappa shape index (κ1) is 17.9. The molecule has 1 aromatic rings. The highest BCUT2D eigenvalue weighted by Gasteiger charge is 2.51. The van der Waals surface area contributed by atoms with E-state index >= 15 is 0 Å². The molecule has 0 aromatic carbocycles. The number of piperazine rings is 1. The lowest BCUT2D eigenvalue weighted by Crippen LogP contribution is -2.67. The number of hydrogen-bond acceptors (Lipinski definition) is 5. The summed E-state index contributed by atoms with van der Waals surface area (Å²) in [6, 6.07) is 3.87. The fourth-order valence-electron chi connectivity index (χ4n) is 4.19. The van der Waals surface area contributed by atoms with Crippen LogP contribution in [0.25, 0.3) is 0 Å². The smallest absolute Gasteiger partial charge is 0.243 e. The molecule has 3 aliphatic rings. The van der Waals surface area contributed by atoms with Gasteiger partial charge in [-0.2, -0.15) is 0 Å². The third kappa shape index (κ3) is 3.04. The van der Waals surface area contributed by atoms with Gasteiger partial charge in [0.05, 0.1) is 5.25 Å². The SMILES string of the molecule is CN1CCN(Cc2ccncc2)C(=O)C12CCN(S(=O)(=O)C1CC1)CC2. The maximum atomic E-state index is 13.3. The molecule has 1 aromatic heterocycles. The van der Waals surface area contributed by atoms with Crippen LogP contribution in [-0.4, -0.2) is 77.4 Å². The molecular weight excluding hydrogens is 352 g/mol. The Morgan fingerprint density at radius 1 is 1.12 bits per heavy atom. The molecule has 0 unspecified atom stereocenters. The number of amides is 1. The van der Waals surface area contributed by atoms with Crippen molar-refractivity contribution in [2.75, 3.05) is 33.2 Å². The number of carbonyl (C=O) groups is 1. The minimum Gasteiger partial charge on any atom is -0.335 e. The van der Waals surface area contributed by atoms with Gasteiger partial charge in [0.25, 0.3) is 0 Å². The van der Waals surface area contributed by atoms with E-state index in [9.17, 15) is 13.2 Å². The van der Waals surface area contributed by atoms with Gasteiger partial charge >= 0.3 is 0 Å². The highest BCUT2D eigenvalue weighted by Crippen LogP contribution is 2.37. The van der Waals surface area contributed by atoms with E-state index in [1.807, 2.05) is 24.1 Å². The molecule has 4 rings (SSSR count). The van der Waals surface area contributed by atoms with Crippen molar-refractivity contribution >= 4 is 15.9 Å². The summed E-state index contributed by atoms with van der Waals surface area (Å²) >= 11 is 0. The molecular formula is C18H26N4O3S. The van der Waals surface area contributed by atoms with Crippen molar-refractivity contribution in [1.29, 1.82) is 0 Å². The summed E-state index contributed by atoms with van der Waals surface area (Å²) in [6.07, 6.45) is 6.19. The number of rotatable bonds is 4. The summed E-state index contributed by atoms with van der Waals surface area (Å²) in [6.45, 7) is 2.98. The second kappa shape index (κ2) is 6.58. The second-order valence-corrected chi connectivity index (χ2v) is 9.89. The van der Waals surface area contributed by atoms with Crippen LogP contribution in [0, 0.1) is 0 Å². The number of aromatic nitrogens is 1. The molecule has 1 saturated carbocycles. The van der Waals surface area contributed by atoms with Crippen molar-refractivity contribution in [2.24, 2.45) is 0 Å². The Morgan fingerprint density at radius 2 is 1.77 bits per heavy atom. The summed E-state index contributed by atoms with van der Waals surface area (Å²) in [5, 5.41) is -0.181. The molecule has 0 bridgehead atoms. The van der Waals surface area contributed by atoms with Gasteiger partial charge in [0.2, 0.25) is 15.9 Å². The van der Waals surface area contributed by atoms with Gasteiger partial charge in [0.1, 0.15) is 5.54 Å². The Kier molecular flexibility index (Phi) is 4.53. The van der Waals surface area contributed by atoms with E-state index < -0.39 is 15.6 Å². The van der Waals surface area contributed by atoms with E-state index in [-0.39, 0.29) is 11.2 Å². The molecule has 0 N–H and O–H groups in total. The van der Waals surface area contributed by atoms with E-state index in [2.05, 4.69) is 9.88 Å². The van der Waals surface area contributed by atoms with E-state index in [1.54, 1.807) is 16.7 Å². The van der Waals surface area contributed by atoms with E-state index in [0.29, 0.717) is 39.0 Å². The molecule has 1 aliphatic carbocycles. The van der Waals surface area contributed by atoms with Crippen molar-refractivity contribution in [1.82, 2.24) is 19.1 Å². The largest absolute Gasteiger partial charge is 0.335 e. The average Bonchev–Trinajstić information content (AvgIpc) is 3.50. The van der Waals surface area contributed by atoms with Gasteiger partial charge in [0.15, 0.2) is 0 Å². The molecule has 8 heteroatoms. The molecule has 1 spiro atoms. The number of hydrogen-bond donors (Lipinski definition) is 0. The first-order valence-electron chi connectivity index (χ1n) is 9.32. The lowest BCUT2D eigenvalue weighted by atomic mass is 9.83. The maximum absolute atomic E-state index is 13.3. The zero-order valence-electron chi connectivity index (χ0n) is 15.2. The normalized spacial score (nSPS) is 25.0. The zero-order chi connectivity index (χ0) is 18.4. The Labute approximate surface area is 155 Å². The third-order valence-corrected chi connectivity index (χ3v) is 8.50. The van der Waals surface area contributed by atoms with Gasteiger partial charge in [-0.05, 0) is 50.4 Å². The fraction of sp³-hybridized carbons (Fsp3) is 0.667. The number of likely N-dealkylation sites (N-methyl/N-ethyl adjacent to an activating group) is 1. The van der Waals surface area contributed by atoms with Crippen molar-refractivity contribution in [3.8, 4) is 0 Å². The molecule has 0 atom stereocenters. The molecule has 142 valence electrons. The van der Waals surface area contributed by atoms with Crippen molar-refractivity contribution in [3.05, 3.63) is 30.1 Å². The lowest BCUT2D eigenvalue weighted by Gasteiger charge is -2.51. The van der Waals surface area contributed by atoms with Crippen LogP contribution in [0.2, 0.25) is 0 Å². The number of carbonyl (C=O) groups excluding carboxylic acids is 1. The van der Waals surface area contributed by atoms with Crippen molar-refractivity contribution in [2.45, 2.75) is 43.0 Å². The molecule has 26 heavy (non-hydrogen) atoms. The van der Waals surface area contributed by atoms with Gasteiger partial charge in [-0.3, -0.25) is 14.7 Å². The van der Waals surface area contributed by atoms with Gasteiger partial charge in [-0.15, -0.1) is 0 Å². The van der Waals surface area contributed by atoms with Crippen molar-refractivity contribution < 1.29 is 13.2 Å². The number of piperidine rings is 1. The molecule has 2 aliphatic heterocycles. The van der Waals surface area contributed by atoms with Crippen LogP contribution in [0.5, 0.6) is 0 Å². The maximum Gasteiger partial charge on any atom is 0.243 e. The predicted molar refractivity (Wildman–Crippen MR) is 97.8 cm³/mol. The lowest BCUT2D eigenvalue weighted by molar-refractivity contribution is -0.154. The van der Waals surface area contributed by atoms with Crippen molar-refractivity contribution in [3.63, 3.8) is 0 Å². The quantitative estimate of drug-likeness (QED) is 0.770. The Bertz CT molecular complexity index is 771. The van der Waals surface area contributed by atoms with E-state index in [0.717, 1.165) is 24.9 Å². The molecule has 3 heterocycles. The summed E-state index contributed by atoms with van der Waals surface area (Å²) < 4.78 is 26.6. The van der Waals surface area contributed by atoms with Crippen LogP contribution in [0.1, 0.15) is 31.2 Å². The summed E-state index contributed by atoms with van der Waals surface area (Å²) in [4.78, 5) is 21.4. The summed E-state index contributed by atoms with van der Waals surface area (Å²) in [5.74, 6) is 0.131. The molecule has 7 nitrogen and oxygen atoms in total. The van der Waals surface area contributed by atoms with Gasteiger partial charge in [0, 0.05) is 45.1 Å². The Balaban J connectivity index is 1.49.